The van der Waals surface area contributed by atoms with Gasteiger partial charge in [-0.2, -0.15) is 0 Å². The third kappa shape index (κ3) is 5.08. The van der Waals surface area contributed by atoms with Crippen LogP contribution < -0.4 is 21.7 Å². The lowest BCUT2D eigenvalue weighted by molar-refractivity contribution is 0.0952. The molecule has 4 aromatic rings. The van der Waals surface area contributed by atoms with E-state index in [1.807, 2.05) is 32.2 Å². The van der Waals surface area contributed by atoms with Gasteiger partial charge >= 0.3 is 0 Å². The Balaban J connectivity index is 1.58. The van der Waals surface area contributed by atoms with Gasteiger partial charge in [0.25, 0.3) is 11.5 Å². The van der Waals surface area contributed by atoms with Gasteiger partial charge in [-0.3, -0.25) is 14.6 Å². The molecule has 1 aliphatic heterocycles. The van der Waals surface area contributed by atoms with Gasteiger partial charge in [0.05, 0.1) is 0 Å². The van der Waals surface area contributed by atoms with E-state index in [9.17, 15) is 9.59 Å². The molecule has 204 valence electrons. The summed E-state index contributed by atoms with van der Waals surface area (Å²) in [6.07, 6.45) is 7.56. The number of nitrogens with two attached hydrogens (primary N) is 1. The average Bonchev–Trinajstić information content (AvgIpc) is 3.24. The number of aromatic amines is 1. The second-order valence-corrected chi connectivity index (χ2v) is 11.0. The maximum absolute atomic E-state index is 13.8. The predicted octanol–water partition coefficient (Wildman–Crippen LogP) is 5.10. The Kier molecular flexibility index (Phi) is 7.32. The topological polar surface area (TPSA) is 109 Å². The fraction of sp³-hybridized carbons (Fsp3) is 0.387. The number of aryl methyl sites for hydroxylation is 4. The summed E-state index contributed by atoms with van der Waals surface area (Å²) in [6.45, 7) is 11.3. The number of H-pyrrole nitrogens is 1. The maximum Gasteiger partial charge on any atom is 0.253 e. The standard InChI is InChI=1S/C31H38N6O2/c1-6-8-21-11-20(5)35-31(39)26(21)16-34-30(38)25-13-23(14-27-28(25)19(4)17-36(27)18(2)3)24-12-22-9-7-10-37(32)29(22)33-15-24/h11-15,17-18H,6-10,16,32H2,1-5H3,(H,34,38)(H,35,39). The lowest BCUT2D eigenvalue weighted by atomic mass is 9.96. The Morgan fingerprint density at radius 2 is 1.97 bits per heavy atom. The molecule has 0 unspecified atom stereocenters. The van der Waals surface area contributed by atoms with Crippen LogP contribution in [0.5, 0.6) is 0 Å². The number of anilines is 1. The number of nitrogens with one attached hydrogen (secondary N) is 2. The van der Waals surface area contributed by atoms with Crippen molar-refractivity contribution in [2.24, 2.45) is 5.84 Å². The van der Waals surface area contributed by atoms with Crippen molar-refractivity contribution in [1.82, 2.24) is 19.9 Å². The number of hydrazine groups is 1. The highest BCUT2D eigenvalue weighted by Crippen LogP contribution is 2.34. The second kappa shape index (κ2) is 10.7. The number of hydrogen-bond donors (Lipinski definition) is 3. The van der Waals surface area contributed by atoms with E-state index in [2.05, 4.69) is 59.0 Å². The number of fused-ring (bicyclic) bond motifs is 2. The summed E-state index contributed by atoms with van der Waals surface area (Å²) in [5, 5.41) is 5.69. The van der Waals surface area contributed by atoms with Gasteiger partial charge < -0.3 is 14.9 Å². The van der Waals surface area contributed by atoms with Gasteiger partial charge in [-0.1, -0.05) is 13.3 Å². The highest BCUT2D eigenvalue weighted by Gasteiger charge is 2.21. The van der Waals surface area contributed by atoms with Crippen molar-refractivity contribution in [3.05, 3.63) is 80.5 Å². The van der Waals surface area contributed by atoms with E-state index in [0.717, 1.165) is 82.5 Å². The molecule has 8 heteroatoms. The molecular weight excluding hydrogens is 488 g/mol. The molecular formula is C31H38N6O2. The van der Waals surface area contributed by atoms with E-state index in [0.29, 0.717) is 11.1 Å². The summed E-state index contributed by atoms with van der Waals surface area (Å²) in [5.74, 6) is 6.76. The molecule has 4 heterocycles. The molecule has 8 nitrogen and oxygen atoms in total. The number of amides is 1. The summed E-state index contributed by atoms with van der Waals surface area (Å²) >= 11 is 0. The SMILES string of the molecule is CCCc1cc(C)[nH]c(=O)c1CNC(=O)c1cc(-c2cnc3c(c2)CCCN3N)cc2c1c(C)cn2C(C)C. The van der Waals surface area contributed by atoms with Crippen molar-refractivity contribution in [3.63, 3.8) is 0 Å². The predicted molar refractivity (Wildman–Crippen MR) is 157 cm³/mol. The molecule has 4 N–H and O–H groups in total. The molecule has 0 radical (unpaired) electrons. The Hall–Kier alpha value is -3.91. The van der Waals surface area contributed by atoms with Crippen LogP contribution >= 0.6 is 0 Å². The Bertz CT molecular complexity index is 1610. The maximum atomic E-state index is 13.8. The molecule has 39 heavy (non-hydrogen) atoms. The van der Waals surface area contributed by atoms with Crippen LogP contribution in [-0.4, -0.2) is 27.0 Å². The summed E-state index contributed by atoms with van der Waals surface area (Å²) in [6, 6.07) is 8.47. The van der Waals surface area contributed by atoms with Crippen LogP contribution in [0.1, 0.15) is 78.0 Å². The minimum Gasteiger partial charge on any atom is -0.348 e. The number of nitrogens with zero attached hydrogens (tertiary/aromatic N) is 3. The second-order valence-electron chi connectivity index (χ2n) is 11.0. The van der Waals surface area contributed by atoms with Crippen LogP contribution in [0.25, 0.3) is 22.0 Å². The number of benzene rings is 1. The van der Waals surface area contributed by atoms with Gasteiger partial charge in [0.1, 0.15) is 5.82 Å². The van der Waals surface area contributed by atoms with E-state index >= 15 is 0 Å². The molecule has 1 aliphatic rings. The smallest absolute Gasteiger partial charge is 0.253 e. The third-order valence-electron chi connectivity index (χ3n) is 7.63. The van der Waals surface area contributed by atoms with Crippen LogP contribution in [-0.2, 0) is 19.4 Å². The molecule has 0 aliphatic carbocycles. The third-order valence-corrected chi connectivity index (χ3v) is 7.63. The minimum absolute atomic E-state index is 0.145. The Labute approximate surface area is 229 Å². The zero-order valence-corrected chi connectivity index (χ0v) is 23.5. The molecule has 1 aromatic carbocycles. The number of hydrogen-bond acceptors (Lipinski definition) is 5. The van der Waals surface area contributed by atoms with Crippen molar-refractivity contribution in [2.45, 2.75) is 72.9 Å². The summed E-state index contributed by atoms with van der Waals surface area (Å²) in [5.41, 5.74) is 7.91. The molecule has 1 amide bonds. The van der Waals surface area contributed by atoms with Gasteiger partial charge in [0.2, 0.25) is 0 Å². The quantitative estimate of drug-likeness (QED) is 0.290. The summed E-state index contributed by atoms with van der Waals surface area (Å²) in [7, 11) is 0. The van der Waals surface area contributed by atoms with Gasteiger partial charge in [0.15, 0.2) is 0 Å². The van der Waals surface area contributed by atoms with Crippen LogP contribution in [0, 0.1) is 13.8 Å². The molecule has 0 spiro atoms. The monoisotopic (exact) mass is 526 g/mol. The molecule has 0 fully saturated rings. The van der Waals surface area contributed by atoms with Gasteiger partial charge in [0, 0.05) is 64.8 Å². The highest BCUT2D eigenvalue weighted by atomic mass is 16.1. The van der Waals surface area contributed by atoms with Crippen LogP contribution in [0.4, 0.5) is 5.82 Å². The Morgan fingerprint density at radius 3 is 2.72 bits per heavy atom. The van der Waals surface area contributed by atoms with E-state index in [1.54, 1.807) is 5.01 Å². The largest absolute Gasteiger partial charge is 0.348 e. The van der Waals surface area contributed by atoms with Crippen molar-refractivity contribution >= 4 is 22.6 Å². The minimum atomic E-state index is -0.201. The van der Waals surface area contributed by atoms with E-state index < -0.39 is 0 Å². The summed E-state index contributed by atoms with van der Waals surface area (Å²) < 4.78 is 2.21. The zero-order valence-electron chi connectivity index (χ0n) is 23.5. The number of carbonyl (C=O) groups excluding carboxylic acids is 1. The molecule has 0 atom stereocenters. The molecule has 0 bridgehead atoms. The first-order valence-electron chi connectivity index (χ1n) is 13.8. The van der Waals surface area contributed by atoms with Crippen LogP contribution in [0.3, 0.4) is 0 Å². The highest BCUT2D eigenvalue weighted by molar-refractivity contribution is 6.09. The summed E-state index contributed by atoms with van der Waals surface area (Å²) in [4.78, 5) is 34.1. The number of aromatic nitrogens is 3. The lowest BCUT2D eigenvalue weighted by Gasteiger charge is -2.25. The van der Waals surface area contributed by atoms with Gasteiger partial charge in [-0.25, -0.2) is 10.8 Å². The van der Waals surface area contributed by atoms with Crippen LogP contribution in [0.2, 0.25) is 0 Å². The van der Waals surface area contributed by atoms with E-state index in [4.69, 9.17) is 5.84 Å². The van der Waals surface area contributed by atoms with Crippen molar-refractivity contribution < 1.29 is 4.79 Å². The number of carbonyl (C=O) groups is 1. The Morgan fingerprint density at radius 1 is 1.18 bits per heavy atom. The fourth-order valence-corrected chi connectivity index (χ4v) is 5.74. The number of pyridine rings is 2. The van der Waals surface area contributed by atoms with Crippen molar-refractivity contribution in [2.75, 3.05) is 11.6 Å². The molecule has 0 saturated carbocycles. The van der Waals surface area contributed by atoms with Crippen molar-refractivity contribution in [1.29, 1.82) is 0 Å². The van der Waals surface area contributed by atoms with Crippen molar-refractivity contribution in [3.8, 4) is 11.1 Å². The van der Waals surface area contributed by atoms with Gasteiger partial charge in [-0.15, -0.1) is 0 Å². The first kappa shape index (κ1) is 26.7. The molecule has 0 saturated heterocycles. The van der Waals surface area contributed by atoms with E-state index in [-0.39, 0.29) is 24.1 Å². The first-order chi connectivity index (χ1) is 18.7. The average molecular weight is 527 g/mol. The zero-order chi connectivity index (χ0) is 27.8. The molecule has 3 aromatic heterocycles. The normalized spacial score (nSPS) is 13.3. The fourth-order valence-electron chi connectivity index (χ4n) is 5.74. The lowest BCUT2D eigenvalue weighted by Crippen LogP contribution is -2.36. The van der Waals surface area contributed by atoms with Crippen LogP contribution in [0.15, 0.2) is 41.5 Å². The van der Waals surface area contributed by atoms with E-state index in [1.165, 1.54) is 0 Å². The molecule has 5 rings (SSSR count). The first-order valence-corrected chi connectivity index (χ1v) is 13.8. The van der Waals surface area contributed by atoms with Gasteiger partial charge in [-0.05, 0) is 93.5 Å². The number of rotatable bonds is 7.